The molecule has 0 radical (unpaired) electrons. The zero-order valence-corrected chi connectivity index (χ0v) is 19.4. The fraction of sp³-hybridized carbons (Fsp3) is 0.667. The van der Waals surface area contributed by atoms with Gasteiger partial charge in [-0.3, -0.25) is 4.79 Å². The minimum atomic E-state index is -2.93. The lowest BCUT2D eigenvalue weighted by Crippen LogP contribution is -2.08. The normalized spacial score (nSPS) is 11.4. The summed E-state index contributed by atoms with van der Waals surface area (Å²) in [4.78, 5) is 11.6. The molecule has 0 unspecified atom stereocenters. The standard InChI is InChI=1S/C21H33BrO5S/c1-26-21(23)14-13-19-18(10-5-3-4-6-15-22)11-9-12-20(19)27-16-7-8-17-28(2,24)25/h9,11-12H,3-8,10,13-17H2,1-2H3. The van der Waals surface area contributed by atoms with E-state index in [9.17, 15) is 13.2 Å². The third kappa shape index (κ3) is 11.1. The van der Waals surface area contributed by atoms with E-state index in [-0.39, 0.29) is 11.7 Å². The Morgan fingerprint density at radius 1 is 1.04 bits per heavy atom. The number of unbranched alkanes of at least 4 members (excludes halogenated alkanes) is 4. The van der Waals surface area contributed by atoms with Gasteiger partial charge in [0.15, 0.2) is 0 Å². The van der Waals surface area contributed by atoms with Crippen molar-refractivity contribution in [3.63, 3.8) is 0 Å². The van der Waals surface area contributed by atoms with Crippen molar-refractivity contribution in [2.45, 2.75) is 57.8 Å². The maximum Gasteiger partial charge on any atom is 0.305 e. The second kappa shape index (κ2) is 14.0. The minimum absolute atomic E-state index is 0.181. The number of esters is 1. The van der Waals surface area contributed by atoms with E-state index in [2.05, 4.69) is 22.0 Å². The molecule has 0 bridgehead atoms. The molecule has 1 aromatic carbocycles. The van der Waals surface area contributed by atoms with Crippen LogP contribution in [0.25, 0.3) is 0 Å². The molecule has 0 N–H and O–H groups in total. The molecule has 0 heterocycles. The molecule has 160 valence electrons. The van der Waals surface area contributed by atoms with Crippen molar-refractivity contribution in [2.24, 2.45) is 0 Å². The molecule has 0 amide bonds. The Balaban J connectivity index is 2.70. The largest absolute Gasteiger partial charge is 0.493 e. The van der Waals surface area contributed by atoms with Gasteiger partial charge in [0, 0.05) is 18.0 Å². The molecule has 0 atom stereocenters. The molecule has 1 rings (SSSR count). The first-order chi connectivity index (χ1) is 13.4. The first-order valence-electron chi connectivity index (χ1n) is 9.91. The monoisotopic (exact) mass is 476 g/mol. The molecule has 0 saturated heterocycles. The number of sulfone groups is 1. The fourth-order valence-corrected chi connectivity index (χ4v) is 4.13. The number of halogens is 1. The number of rotatable bonds is 15. The number of aryl methyl sites for hydroxylation is 1. The van der Waals surface area contributed by atoms with Gasteiger partial charge in [0.1, 0.15) is 15.6 Å². The molecule has 1 aromatic rings. The number of alkyl halides is 1. The third-order valence-electron chi connectivity index (χ3n) is 4.53. The first-order valence-corrected chi connectivity index (χ1v) is 13.1. The van der Waals surface area contributed by atoms with E-state index in [1.807, 2.05) is 12.1 Å². The van der Waals surface area contributed by atoms with Crippen molar-refractivity contribution in [3.05, 3.63) is 29.3 Å². The Morgan fingerprint density at radius 3 is 2.46 bits per heavy atom. The van der Waals surface area contributed by atoms with Crippen LogP contribution in [0.1, 0.15) is 56.1 Å². The first kappa shape index (κ1) is 25.0. The van der Waals surface area contributed by atoms with Crippen LogP contribution in [0.15, 0.2) is 18.2 Å². The number of carbonyl (C=O) groups is 1. The van der Waals surface area contributed by atoms with Gasteiger partial charge >= 0.3 is 5.97 Å². The van der Waals surface area contributed by atoms with Crippen molar-refractivity contribution >= 4 is 31.7 Å². The van der Waals surface area contributed by atoms with E-state index in [0.29, 0.717) is 32.3 Å². The molecule has 0 fully saturated rings. The van der Waals surface area contributed by atoms with Gasteiger partial charge in [0.2, 0.25) is 0 Å². The quantitative estimate of drug-likeness (QED) is 0.212. The highest BCUT2D eigenvalue weighted by Gasteiger charge is 2.12. The summed E-state index contributed by atoms with van der Waals surface area (Å²) in [5, 5.41) is 1.04. The summed E-state index contributed by atoms with van der Waals surface area (Å²) >= 11 is 3.46. The van der Waals surface area contributed by atoms with Crippen LogP contribution < -0.4 is 4.74 Å². The van der Waals surface area contributed by atoms with E-state index in [0.717, 1.165) is 29.5 Å². The smallest absolute Gasteiger partial charge is 0.305 e. The van der Waals surface area contributed by atoms with Gasteiger partial charge in [0.25, 0.3) is 0 Å². The molecule has 0 aliphatic carbocycles. The topological polar surface area (TPSA) is 69.7 Å². The number of benzene rings is 1. The van der Waals surface area contributed by atoms with Gasteiger partial charge in [-0.15, -0.1) is 0 Å². The molecule has 0 aromatic heterocycles. The van der Waals surface area contributed by atoms with Gasteiger partial charge in [-0.1, -0.05) is 40.9 Å². The van der Waals surface area contributed by atoms with Crippen molar-refractivity contribution in [1.29, 1.82) is 0 Å². The van der Waals surface area contributed by atoms with Crippen molar-refractivity contribution in [2.75, 3.05) is 31.1 Å². The highest BCUT2D eigenvalue weighted by molar-refractivity contribution is 9.09. The Labute approximate surface area is 178 Å². The van der Waals surface area contributed by atoms with Crippen LogP contribution in [-0.4, -0.2) is 45.4 Å². The predicted molar refractivity (Wildman–Crippen MR) is 117 cm³/mol. The average Bonchev–Trinajstić information content (AvgIpc) is 2.65. The summed E-state index contributed by atoms with van der Waals surface area (Å²) < 4.78 is 33.2. The molecule has 7 heteroatoms. The highest BCUT2D eigenvalue weighted by atomic mass is 79.9. The zero-order chi connectivity index (χ0) is 20.8. The Kier molecular flexibility index (Phi) is 12.5. The van der Waals surface area contributed by atoms with Crippen LogP contribution in [0.5, 0.6) is 5.75 Å². The Bertz CT molecular complexity index is 688. The van der Waals surface area contributed by atoms with Gasteiger partial charge in [-0.25, -0.2) is 8.42 Å². The Morgan fingerprint density at radius 2 is 1.79 bits per heavy atom. The van der Waals surface area contributed by atoms with Crippen LogP contribution in [0.2, 0.25) is 0 Å². The lowest BCUT2D eigenvalue weighted by Gasteiger charge is -2.16. The maximum atomic E-state index is 11.6. The zero-order valence-electron chi connectivity index (χ0n) is 17.0. The van der Waals surface area contributed by atoms with Crippen molar-refractivity contribution in [1.82, 2.24) is 0 Å². The second-order valence-corrected chi connectivity index (χ2v) is 10.1. The highest BCUT2D eigenvalue weighted by Crippen LogP contribution is 2.26. The molecule has 0 saturated carbocycles. The summed E-state index contributed by atoms with van der Waals surface area (Å²) in [6.07, 6.45) is 9.07. The lowest BCUT2D eigenvalue weighted by atomic mass is 9.97. The number of hydrogen-bond acceptors (Lipinski definition) is 5. The van der Waals surface area contributed by atoms with Crippen LogP contribution in [0, 0.1) is 0 Å². The summed E-state index contributed by atoms with van der Waals surface area (Å²) in [6.45, 7) is 0.468. The predicted octanol–water partition coefficient (Wildman–Crippen LogP) is 4.49. The van der Waals surface area contributed by atoms with Crippen LogP contribution in [0.4, 0.5) is 0 Å². The van der Waals surface area contributed by atoms with Crippen LogP contribution >= 0.6 is 15.9 Å². The molecule has 0 aliphatic heterocycles. The maximum absolute atomic E-state index is 11.6. The van der Waals surface area contributed by atoms with Gasteiger partial charge in [-0.05, 0) is 55.7 Å². The minimum Gasteiger partial charge on any atom is -0.493 e. The average molecular weight is 477 g/mol. The number of hydrogen-bond donors (Lipinski definition) is 0. The molecule has 5 nitrogen and oxygen atoms in total. The van der Waals surface area contributed by atoms with Crippen molar-refractivity contribution < 1.29 is 22.7 Å². The number of carbonyl (C=O) groups excluding carboxylic acids is 1. The van der Waals surface area contributed by atoms with Gasteiger partial charge in [-0.2, -0.15) is 0 Å². The van der Waals surface area contributed by atoms with E-state index >= 15 is 0 Å². The molecular weight excluding hydrogens is 444 g/mol. The lowest BCUT2D eigenvalue weighted by molar-refractivity contribution is -0.140. The number of ether oxygens (including phenoxy) is 2. The van der Waals surface area contributed by atoms with E-state index < -0.39 is 9.84 Å². The summed E-state index contributed by atoms with van der Waals surface area (Å²) in [5.74, 6) is 0.743. The molecule has 28 heavy (non-hydrogen) atoms. The fourth-order valence-electron chi connectivity index (χ4n) is 3.01. The van der Waals surface area contributed by atoms with Gasteiger partial charge < -0.3 is 9.47 Å². The SMILES string of the molecule is COC(=O)CCc1c(CCCCCCBr)cccc1OCCCCS(C)(=O)=O. The van der Waals surface area contributed by atoms with E-state index in [1.165, 1.54) is 38.2 Å². The van der Waals surface area contributed by atoms with Crippen LogP contribution in [0.3, 0.4) is 0 Å². The third-order valence-corrected chi connectivity index (χ3v) is 6.12. The van der Waals surface area contributed by atoms with Crippen molar-refractivity contribution in [3.8, 4) is 5.75 Å². The van der Waals surface area contributed by atoms with E-state index in [1.54, 1.807) is 0 Å². The Hall–Kier alpha value is -1.08. The molecule has 0 aliphatic rings. The summed E-state index contributed by atoms with van der Waals surface area (Å²) in [6, 6.07) is 6.02. The summed E-state index contributed by atoms with van der Waals surface area (Å²) in [7, 11) is -1.53. The molecule has 0 spiro atoms. The van der Waals surface area contributed by atoms with E-state index in [4.69, 9.17) is 9.47 Å². The molecular formula is C21H33BrO5S. The van der Waals surface area contributed by atoms with Crippen LogP contribution in [-0.2, 0) is 32.2 Å². The number of methoxy groups -OCH3 is 1. The summed E-state index contributed by atoms with van der Waals surface area (Å²) in [5.41, 5.74) is 2.29. The van der Waals surface area contributed by atoms with Gasteiger partial charge in [0.05, 0.1) is 19.5 Å². The second-order valence-electron chi connectivity index (χ2n) is 7.01.